The van der Waals surface area contributed by atoms with Crippen LogP contribution in [0.5, 0.6) is 0 Å². The number of pyridine rings is 1. The molecule has 36 heavy (non-hydrogen) atoms. The van der Waals surface area contributed by atoms with E-state index in [1.807, 2.05) is 54.1 Å². The fraction of sp³-hybridized carbons (Fsp3) is 0.259. The fourth-order valence-corrected chi connectivity index (χ4v) is 4.47. The molecule has 1 saturated heterocycles. The number of benzene rings is 2. The molecule has 0 radical (unpaired) electrons. The molecule has 0 amide bonds. The second kappa shape index (κ2) is 10.0. The maximum atomic E-state index is 13.5. The fourth-order valence-electron chi connectivity index (χ4n) is 4.47. The van der Waals surface area contributed by atoms with Crippen LogP contribution in [0.4, 0.5) is 24.9 Å². The van der Waals surface area contributed by atoms with Crippen LogP contribution in [0, 0.1) is 0 Å². The topological polar surface area (TPSA) is 58.0 Å². The summed E-state index contributed by atoms with van der Waals surface area (Å²) in [7, 11) is 1.86. The van der Waals surface area contributed by atoms with Gasteiger partial charge < -0.3 is 20.1 Å². The first-order chi connectivity index (χ1) is 17.4. The van der Waals surface area contributed by atoms with Crippen LogP contribution in [0.3, 0.4) is 0 Å². The minimum atomic E-state index is -4.43. The molecule has 2 aromatic heterocycles. The summed E-state index contributed by atoms with van der Waals surface area (Å²) in [5, 5.41) is 6.66. The van der Waals surface area contributed by atoms with E-state index in [1.165, 1.54) is 12.1 Å². The average Bonchev–Trinajstić information content (AvgIpc) is 3.25. The lowest BCUT2D eigenvalue weighted by atomic mass is 10.0. The molecule has 0 saturated carbocycles. The number of anilines is 2. The highest BCUT2D eigenvalue weighted by molar-refractivity contribution is 5.82. The minimum absolute atomic E-state index is 0.465. The number of alkyl halides is 3. The Hall–Kier alpha value is -3.85. The summed E-state index contributed by atoms with van der Waals surface area (Å²) in [6.07, 6.45) is -2.74. The molecule has 1 fully saturated rings. The van der Waals surface area contributed by atoms with Gasteiger partial charge in [0.2, 0.25) is 5.95 Å². The zero-order valence-corrected chi connectivity index (χ0v) is 19.9. The van der Waals surface area contributed by atoms with Gasteiger partial charge in [-0.1, -0.05) is 42.5 Å². The van der Waals surface area contributed by atoms with Gasteiger partial charge in [0.15, 0.2) is 0 Å². The third kappa shape index (κ3) is 5.06. The Morgan fingerprint density at radius 3 is 2.47 bits per heavy atom. The van der Waals surface area contributed by atoms with Crippen LogP contribution in [0.2, 0.25) is 0 Å². The van der Waals surface area contributed by atoms with Crippen molar-refractivity contribution in [2.75, 3.05) is 36.4 Å². The van der Waals surface area contributed by atoms with E-state index in [0.29, 0.717) is 29.3 Å². The van der Waals surface area contributed by atoms with Crippen molar-refractivity contribution in [1.82, 2.24) is 19.9 Å². The molecular formula is C27H27F3N6. The Bertz CT molecular complexity index is 1330. The van der Waals surface area contributed by atoms with Gasteiger partial charge in [0.25, 0.3) is 0 Å². The smallest absolute Gasteiger partial charge is 0.366 e. The number of rotatable bonds is 6. The maximum Gasteiger partial charge on any atom is 0.416 e. The Labute approximate surface area is 207 Å². The molecule has 4 aromatic rings. The standard InChI is InChI=1S/C27H27F3N6/c1-35-25(21-8-5-9-22(16-21)27(28,29)30)24(34-26(35)36-14-12-31-13-15-36)20-10-11-32-23(17-20)33-18-19-6-3-2-4-7-19/h2-11,16-17,31H,12-15,18H2,1H3,(H,32,33). The first kappa shape index (κ1) is 23.9. The summed E-state index contributed by atoms with van der Waals surface area (Å²) in [4.78, 5) is 11.5. The van der Waals surface area contributed by atoms with Crippen molar-refractivity contribution in [1.29, 1.82) is 0 Å². The normalized spacial score (nSPS) is 14.2. The lowest BCUT2D eigenvalue weighted by Gasteiger charge is -2.28. The Morgan fingerprint density at radius 1 is 0.944 bits per heavy atom. The minimum Gasteiger partial charge on any atom is -0.366 e. The molecule has 1 aliphatic heterocycles. The predicted octanol–water partition coefficient (Wildman–Crippen LogP) is 5.19. The molecule has 0 unspecified atom stereocenters. The van der Waals surface area contributed by atoms with E-state index in [4.69, 9.17) is 4.98 Å². The molecule has 5 rings (SSSR count). The Morgan fingerprint density at radius 2 is 1.72 bits per heavy atom. The number of nitrogens with zero attached hydrogens (tertiary/aromatic N) is 4. The third-order valence-corrected chi connectivity index (χ3v) is 6.28. The van der Waals surface area contributed by atoms with Gasteiger partial charge in [0.05, 0.1) is 17.0 Å². The summed E-state index contributed by atoms with van der Waals surface area (Å²) in [6.45, 7) is 3.79. The summed E-state index contributed by atoms with van der Waals surface area (Å²) in [5.74, 6) is 1.40. The van der Waals surface area contributed by atoms with Crippen molar-refractivity contribution in [3.8, 4) is 22.5 Å². The van der Waals surface area contributed by atoms with Crippen LogP contribution in [0.25, 0.3) is 22.5 Å². The Kier molecular flexibility index (Phi) is 6.65. The van der Waals surface area contributed by atoms with Crippen LogP contribution < -0.4 is 15.5 Å². The van der Waals surface area contributed by atoms with Gasteiger partial charge in [-0.3, -0.25) is 0 Å². The number of imidazole rings is 1. The van der Waals surface area contributed by atoms with E-state index >= 15 is 0 Å². The Balaban J connectivity index is 1.56. The molecule has 0 aliphatic carbocycles. The van der Waals surface area contributed by atoms with Gasteiger partial charge >= 0.3 is 6.18 Å². The van der Waals surface area contributed by atoms with Crippen molar-refractivity contribution in [2.45, 2.75) is 12.7 Å². The van der Waals surface area contributed by atoms with Crippen LogP contribution in [-0.2, 0) is 19.8 Å². The van der Waals surface area contributed by atoms with Crippen molar-refractivity contribution < 1.29 is 13.2 Å². The van der Waals surface area contributed by atoms with Crippen LogP contribution >= 0.6 is 0 Å². The SMILES string of the molecule is Cn1c(N2CCNCC2)nc(-c2ccnc(NCc3ccccc3)c2)c1-c1cccc(C(F)(F)F)c1. The number of hydrogen-bond acceptors (Lipinski definition) is 5. The van der Waals surface area contributed by atoms with Crippen LogP contribution in [0.1, 0.15) is 11.1 Å². The summed E-state index contributed by atoms with van der Waals surface area (Å²) < 4.78 is 42.5. The van der Waals surface area contributed by atoms with Gasteiger partial charge in [-0.25, -0.2) is 9.97 Å². The first-order valence-corrected chi connectivity index (χ1v) is 11.8. The van der Waals surface area contributed by atoms with E-state index in [2.05, 4.69) is 20.5 Å². The average molecular weight is 493 g/mol. The van der Waals surface area contributed by atoms with E-state index in [1.54, 1.807) is 12.3 Å². The highest BCUT2D eigenvalue weighted by atomic mass is 19.4. The number of halogens is 3. The molecule has 186 valence electrons. The van der Waals surface area contributed by atoms with Crippen molar-refractivity contribution in [3.63, 3.8) is 0 Å². The first-order valence-electron chi connectivity index (χ1n) is 11.8. The summed E-state index contributed by atoms with van der Waals surface area (Å²) in [6, 6.07) is 19.1. The van der Waals surface area contributed by atoms with Crippen molar-refractivity contribution >= 4 is 11.8 Å². The van der Waals surface area contributed by atoms with E-state index in [0.717, 1.165) is 49.3 Å². The number of nitrogens with one attached hydrogen (secondary N) is 2. The zero-order valence-electron chi connectivity index (χ0n) is 19.9. The molecule has 0 atom stereocenters. The molecule has 9 heteroatoms. The third-order valence-electron chi connectivity index (χ3n) is 6.28. The van der Waals surface area contributed by atoms with E-state index in [-0.39, 0.29) is 0 Å². The number of piperazine rings is 1. The van der Waals surface area contributed by atoms with Crippen molar-refractivity contribution in [2.24, 2.45) is 7.05 Å². The maximum absolute atomic E-state index is 13.5. The number of aromatic nitrogens is 3. The highest BCUT2D eigenvalue weighted by Gasteiger charge is 2.31. The quantitative estimate of drug-likeness (QED) is 0.388. The molecule has 0 bridgehead atoms. The summed E-state index contributed by atoms with van der Waals surface area (Å²) in [5.41, 5.74) is 2.94. The second-order valence-electron chi connectivity index (χ2n) is 8.75. The molecule has 0 spiro atoms. The van der Waals surface area contributed by atoms with E-state index < -0.39 is 11.7 Å². The molecule has 3 heterocycles. The van der Waals surface area contributed by atoms with E-state index in [9.17, 15) is 13.2 Å². The lowest BCUT2D eigenvalue weighted by molar-refractivity contribution is -0.137. The highest BCUT2D eigenvalue weighted by Crippen LogP contribution is 2.38. The van der Waals surface area contributed by atoms with Gasteiger partial charge in [0.1, 0.15) is 5.82 Å². The van der Waals surface area contributed by atoms with Gasteiger partial charge in [-0.2, -0.15) is 13.2 Å². The predicted molar refractivity (Wildman–Crippen MR) is 136 cm³/mol. The molecular weight excluding hydrogens is 465 g/mol. The summed E-state index contributed by atoms with van der Waals surface area (Å²) >= 11 is 0. The van der Waals surface area contributed by atoms with Gasteiger partial charge in [-0.15, -0.1) is 0 Å². The molecule has 2 N–H and O–H groups in total. The van der Waals surface area contributed by atoms with Crippen molar-refractivity contribution in [3.05, 3.63) is 84.1 Å². The largest absolute Gasteiger partial charge is 0.416 e. The molecule has 2 aromatic carbocycles. The van der Waals surface area contributed by atoms with Gasteiger partial charge in [0, 0.05) is 57.1 Å². The number of hydrogen-bond donors (Lipinski definition) is 2. The van der Waals surface area contributed by atoms with Gasteiger partial charge in [-0.05, 0) is 29.8 Å². The second-order valence-corrected chi connectivity index (χ2v) is 8.75. The monoisotopic (exact) mass is 492 g/mol. The molecule has 6 nitrogen and oxygen atoms in total. The lowest BCUT2D eigenvalue weighted by Crippen LogP contribution is -2.44. The molecule has 1 aliphatic rings. The van der Waals surface area contributed by atoms with Crippen LogP contribution in [-0.4, -0.2) is 40.7 Å². The zero-order chi connectivity index (χ0) is 25.1. The van der Waals surface area contributed by atoms with Crippen LogP contribution in [0.15, 0.2) is 72.9 Å².